The third-order valence-electron chi connectivity index (χ3n) is 12.5. The highest BCUT2D eigenvalue weighted by Crippen LogP contribution is 2.56. The van der Waals surface area contributed by atoms with Crippen molar-refractivity contribution in [2.45, 2.75) is 56.8 Å². The lowest BCUT2D eigenvalue weighted by molar-refractivity contribution is 0.353. The fourth-order valence-electron chi connectivity index (χ4n) is 9.91. The Morgan fingerprint density at radius 2 is 1.04 bits per heavy atom. The van der Waals surface area contributed by atoms with E-state index in [9.17, 15) is 0 Å². The highest BCUT2D eigenvalue weighted by atomic mass is 16.3. The molecule has 0 saturated heterocycles. The second-order valence-electron chi connectivity index (χ2n) is 15.7. The molecule has 6 aromatic carbocycles. The quantitative estimate of drug-likeness (QED) is 0.188. The molecule has 0 unspecified atom stereocenters. The first-order valence-corrected chi connectivity index (χ1v) is 18.8. The Hall–Kier alpha value is -5.80. The van der Waals surface area contributed by atoms with Gasteiger partial charge in [0.25, 0.3) is 0 Å². The molecule has 2 aromatic heterocycles. The molecule has 1 saturated carbocycles. The number of hydrogen-bond acceptors (Lipinski definition) is 3. The van der Waals surface area contributed by atoms with Gasteiger partial charge in [-0.2, -0.15) is 0 Å². The highest BCUT2D eigenvalue weighted by molar-refractivity contribution is 6.05. The summed E-state index contributed by atoms with van der Waals surface area (Å²) < 4.78 is 6.35. The minimum absolute atomic E-state index is 0.0752. The van der Waals surface area contributed by atoms with Crippen molar-refractivity contribution in [2.24, 2.45) is 0 Å². The van der Waals surface area contributed by atoms with Crippen LogP contribution >= 0.6 is 0 Å². The van der Waals surface area contributed by atoms with E-state index in [0.29, 0.717) is 0 Å². The van der Waals surface area contributed by atoms with E-state index in [-0.39, 0.29) is 10.8 Å². The van der Waals surface area contributed by atoms with Gasteiger partial charge in [-0.25, -0.2) is 9.97 Å². The minimum atomic E-state index is -0.113. The molecule has 0 aliphatic heterocycles. The molecule has 11 rings (SSSR count). The molecule has 3 aliphatic carbocycles. The van der Waals surface area contributed by atoms with Crippen LogP contribution in [0.1, 0.15) is 68.2 Å². The number of rotatable bonds is 3. The van der Waals surface area contributed by atoms with Crippen LogP contribution in [0.3, 0.4) is 0 Å². The summed E-state index contributed by atoms with van der Waals surface area (Å²) >= 11 is 0. The first kappa shape index (κ1) is 29.9. The predicted octanol–water partition coefficient (Wildman–Crippen LogP) is 12.9. The molecule has 2 heterocycles. The fraction of sp³-hybridized carbons (Fsp3) is 0.184. The summed E-state index contributed by atoms with van der Waals surface area (Å²) in [7, 11) is 0. The maximum Gasteiger partial charge on any atom is 0.160 e. The molecule has 0 atom stereocenters. The second kappa shape index (κ2) is 10.9. The van der Waals surface area contributed by atoms with E-state index in [4.69, 9.17) is 14.4 Å². The van der Waals surface area contributed by atoms with Crippen LogP contribution < -0.4 is 0 Å². The number of nitrogens with zero attached hydrogens (tertiary/aromatic N) is 2. The molecule has 0 radical (unpaired) electrons. The normalized spacial score (nSPS) is 16.2. The molecule has 1 fully saturated rings. The number of hydrogen-bond donors (Lipinski definition) is 0. The summed E-state index contributed by atoms with van der Waals surface area (Å²) in [6.07, 6.45) is 6.25. The Morgan fingerprint density at radius 1 is 0.462 bits per heavy atom. The number of fused-ring (bicyclic) bond motifs is 11. The predicted molar refractivity (Wildman–Crippen MR) is 212 cm³/mol. The smallest absolute Gasteiger partial charge is 0.160 e. The minimum Gasteiger partial charge on any atom is -0.456 e. The topological polar surface area (TPSA) is 38.9 Å². The van der Waals surface area contributed by atoms with Crippen molar-refractivity contribution in [3.63, 3.8) is 0 Å². The van der Waals surface area contributed by atoms with E-state index in [0.717, 1.165) is 55.8 Å². The van der Waals surface area contributed by atoms with Crippen molar-refractivity contribution in [1.29, 1.82) is 0 Å². The van der Waals surface area contributed by atoms with Crippen LogP contribution in [-0.4, -0.2) is 9.97 Å². The first-order valence-electron chi connectivity index (χ1n) is 18.8. The molecule has 3 aliphatic rings. The van der Waals surface area contributed by atoms with Crippen LogP contribution in [0.4, 0.5) is 0 Å². The molecular formula is C49H38N2O. The van der Waals surface area contributed by atoms with Crippen molar-refractivity contribution in [2.75, 3.05) is 0 Å². The molecular weight excluding hydrogens is 633 g/mol. The lowest BCUT2D eigenvalue weighted by Crippen LogP contribution is -2.28. The van der Waals surface area contributed by atoms with Gasteiger partial charge in [-0.3, -0.25) is 0 Å². The lowest BCUT2D eigenvalue weighted by atomic mass is 9.67. The zero-order chi connectivity index (χ0) is 34.6. The third-order valence-corrected chi connectivity index (χ3v) is 12.5. The maximum absolute atomic E-state index is 6.35. The number of aromatic nitrogens is 2. The van der Waals surface area contributed by atoms with E-state index >= 15 is 0 Å². The van der Waals surface area contributed by atoms with Gasteiger partial charge < -0.3 is 4.42 Å². The second-order valence-corrected chi connectivity index (χ2v) is 15.7. The third kappa shape index (κ3) is 4.20. The monoisotopic (exact) mass is 670 g/mol. The first-order chi connectivity index (χ1) is 25.5. The van der Waals surface area contributed by atoms with Crippen LogP contribution in [0.5, 0.6) is 0 Å². The van der Waals surface area contributed by atoms with Crippen molar-refractivity contribution >= 4 is 21.9 Å². The molecule has 8 aromatic rings. The molecule has 0 N–H and O–H groups in total. The standard InChI is InChI=1S/C49H38N2O/c1-48(2)39-15-7-4-12-33(39)35-22-20-32(27-41(35)48)47-50-43(29-44(51-47)31-19-23-38-37-14-6-9-17-45(37)52-46(38)28-31)30-18-21-36-34-13-5-8-16-40(34)49(42(36)26-30)24-10-3-11-25-49/h4-9,12-23,26-29H,3,10-11,24-25H2,1-2H3. The fourth-order valence-corrected chi connectivity index (χ4v) is 9.91. The molecule has 1 spiro atoms. The highest BCUT2D eigenvalue weighted by Gasteiger charge is 2.43. The van der Waals surface area contributed by atoms with E-state index in [2.05, 4.69) is 135 Å². The lowest BCUT2D eigenvalue weighted by Gasteiger charge is -2.36. The van der Waals surface area contributed by atoms with Crippen LogP contribution in [0.15, 0.2) is 138 Å². The SMILES string of the molecule is CC1(C)c2ccccc2-c2ccc(-c3nc(-c4ccc5c(c4)C4(CCCCC4)c4ccccc4-5)cc(-c4ccc5c(c4)oc4ccccc45)n3)cc21. The van der Waals surface area contributed by atoms with Crippen molar-refractivity contribution < 1.29 is 4.42 Å². The van der Waals surface area contributed by atoms with Gasteiger partial charge in [-0.15, -0.1) is 0 Å². The molecule has 3 nitrogen and oxygen atoms in total. The molecule has 0 amide bonds. The maximum atomic E-state index is 6.35. The Balaban J connectivity index is 1.10. The summed E-state index contributed by atoms with van der Waals surface area (Å²) in [5.74, 6) is 0.739. The molecule has 3 heteroatoms. The molecule has 250 valence electrons. The zero-order valence-corrected chi connectivity index (χ0v) is 29.5. The van der Waals surface area contributed by atoms with E-state index in [1.165, 1.54) is 76.6 Å². The van der Waals surface area contributed by atoms with E-state index in [1.54, 1.807) is 0 Å². The van der Waals surface area contributed by atoms with Gasteiger partial charge in [0.2, 0.25) is 0 Å². The van der Waals surface area contributed by atoms with Crippen LogP contribution in [-0.2, 0) is 10.8 Å². The van der Waals surface area contributed by atoms with Crippen LogP contribution in [0.25, 0.3) is 78.1 Å². The van der Waals surface area contributed by atoms with Crippen molar-refractivity contribution in [3.05, 3.63) is 156 Å². The number of para-hydroxylation sites is 1. The summed E-state index contributed by atoms with van der Waals surface area (Å²) in [5.41, 5.74) is 17.8. The Kier molecular flexibility index (Phi) is 6.24. The Labute approximate surface area is 304 Å². The van der Waals surface area contributed by atoms with Gasteiger partial charge >= 0.3 is 0 Å². The summed E-state index contributed by atoms with van der Waals surface area (Å²) in [6, 6.07) is 48.7. The number of benzene rings is 6. The Bertz CT molecular complexity index is 2760. The van der Waals surface area contributed by atoms with Gasteiger partial charge in [-0.1, -0.05) is 130 Å². The van der Waals surface area contributed by atoms with Gasteiger partial charge in [0, 0.05) is 38.3 Å². The van der Waals surface area contributed by atoms with Gasteiger partial charge in [0.1, 0.15) is 11.2 Å². The van der Waals surface area contributed by atoms with Gasteiger partial charge in [0.15, 0.2) is 5.82 Å². The van der Waals surface area contributed by atoms with Crippen molar-refractivity contribution in [3.8, 4) is 56.2 Å². The zero-order valence-electron chi connectivity index (χ0n) is 29.5. The summed E-state index contributed by atoms with van der Waals surface area (Å²) in [6.45, 7) is 4.66. The largest absolute Gasteiger partial charge is 0.456 e. The average Bonchev–Trinajstić information content (AvgIpc) is 3.78. The van der Waals surface area contributed by atoms with Gasteiger partial charge in [0.05, 0.1) is 11.4 Å². The molecule has 52 heavy (non-hydrogen) atoms. The molecule has 0 bridgehead atoms. The Morgan fingerprint density at radius 3 is 1.85 bits per heavy atom. The van der Waals surface area contributed by atoms with E-state index in [1.807, 2.05) is 12.1 Å². The summed E-state index contributed by atoms with van der Waals surface area (Å²) in [4.78, 5) is 10.7. The van der Waals surface area contributed by atoms with Crippen LogP contribution in [0, 0.1) is 0 Å². The summed E-state index contributed by atoms with van der Waals surface area (Å²) in [5, 5.41) is 2.25. The van der Waals surface area contributed by atoms with E-state index < -0.39 is 0 Å². The number of furan rings is 1. The average molecular weight is 671 g/mol. The van der Waals surface area contributed by atoms with Crippen molar-refractivity contribution in [1.82, 2.24) is 9.97 Å². The van der Waals surface area contributed by atoms with Gasteiger partial charge in [-0.05, 0) is 93.7 Å². The van der Waals surface area contributed by atoms with Crippen LogP contribution in [0.2, 0.25) is 0 Å².